The van der Waals surface area contributed by atoms with Gasteiger partial charge in [-0.05, 0) is 28.8 Å². The molecule has 3 aromatic rings. The zero-order valence-electron chi connectivity index (χ0n) is 19.0. The van der Waals surface area contributed by atoms with Crippen molar-refractivity contribution < 1.29 is 19.5 Å². The lowest BCUT2D eigenvalue weighted by Crippen LogP contribution is -2.43. The number of carbonyl (C=O) groups is 3. The summed E-state index contributed by atoms with van der Waals surface area (Å²) in [5, 5.41) is 10.6. The Labute approximate surface area is 198 Å². The predicted octanol–water partition coefficient (Wildman–Crippen LogP) is 2.86. The Kier molecular flexibility index (Phi) is 6.84. The number of aliphatic hydroxyl groups excluding tert-OH is 1. The van der Waals surface area contributed by atoms with Gasteiger partial charge in [0.05, 0.1) is 24.6 Å². The van der Waals surface area contributed by atoms with Gasteiger partial charge in [-0.25, -0.2) is 0 Å². The summed E-state index contributed by atoms with van der Waals surface area (Å²) < 4.78 is 0. The molecule has 1 saturated heterocycles. The number of carbonyl (C=O) groups excluding carboxylic acids is 3. The highest BCUT2D eigenvalue weighted by molar-refractivity contribution is 6.10. The van der Waals surface area contributed by atoms with Crippen molar-refractivity contribution >= 4 is 17.7 Å². The first kappa shape index (κ1) is 23.3. The molecule has 2 atom stereocenters. The van der Waals surface area contributed by atoms with Crippen LogP contribution >= 0.6 is 0 Å². The summed E-state index contributed by atoms with van der Waals surface area (Å²) in [6.45, 7) is 0.210. The van der Waals surface area contributed by atoms with Crippen molar-refractivity contribution in [3.63, 3.8) is 0 Å². The van der Waals surface area contributed by atoms with E-state index in [2.05, 4.69) is 4.98 Å². The highest BCUT2D eigenvalue weighted by Gasteiger charge is 2.53. The lowest BCUT2D eigenvalue weighted by molar-refractivity contribution is -0.143. The van der Waals surface area contributed by atoms with Crippen LogP contribution in [0.25, 0.3) is 0 Å². The average Bonchev–Trinajstić information content (AvgIpc) is 3.10. The molecule has 1 aliphatic rings. The van der Waals surface area contributed by atoms with Crippen LogP contribution in [-0.2, 0) is 26.3 Å². The van der Waals surface area contributed by atoms with E-state index in [0.29, 0.717) is 11.1 Å². The van der Waals surface area contributed by atoms with Crippen molar-refractivity contribution in [2.24, 2.45) is 0 Å². The van der Waals surface area contributed by atoms with Gasteiger partial charge in [0.15, 0.2) is 0 Å². The molecular formula is C27H27N3O4. The number of hydrogen-bond donors (Lipinski definition) is 1. The second kappa shape index (κ2) is 9.97. The van der Waals surface area contributed by atoms with Gasteiger partial charge in [0.25, 0.3) is 0 Å². The lowest BCUT2D eigenvalue weighted by Gasteiger charge is -2.30. The highest BCUT2D eigenvalue weighted by Crippen LogP contribution is 2.41. The maximum atomic E-state index is 13.7. The molecule has 1 fully saturated rings. The number of likely N-dealkylation sites (N-methyl/N-ethyl adjacent to an activating group) is 1. The van der Waals surface area contributed by atoms with Gasteiger partial charge in [-0.15, -0.1) is 0 Å². The van der Waals surface area contributed by atoms with Crippen LogP contribution in [0, 0.1) is 0 Å². The normalized spacial score (nSPS) is 18.7. The van der Waals surface area contributed by atoms with Crippen LogP contribution in [0.4, 0.5) is 0 Å². The molecule has 7 nitrogen and oxygen atoms in total. The number of amides is 3. The summed E-state index contributed by atoms with van der Waals surface area (Å²) >= 11 is 0. The van der Waals surface area contributed by atoms with E-state index in [1.54, 1.807) is 68.0 Å². The zero-order valence-corrected chi connectivity index (χ0v) is 19.0. The molecule has 1 aromatic heterocycles. The van der Waals surface area contributed by atoms with Gasteiger partial charge in [0, 0.05) is 32.3 Å². The number of aliphatic hydroxyl groups is 1. The van der Waals surface area contributed by atoms with Crippen LogP contribution in [-0.4, -0.2) is 51.2 Å². The first-order valence-corrected chi connectivity index (χ1v) is 11.2. The molecule has 7 heteroatoms. The molecule has 3 amide bonds. The van der Waals surface area contributed by atoms with Gasteiger partial charge in [-0.3, -0.25) is 24.3 Å². The van der Waals surface area contributed by atoms with Gasteiger partial charge in [-0.1, -0.05) is 60.7 Å². The molecule has 2 aromatic carbocycles. The van der Waals surface area contributed by atoms with Crippen LogP contribution in [0.1, 0.15) is 35.6 Å². The quantitative estimate of drug-likeness (QED) is 0.526. The van der Waals surface area contributed by atoms with Crippen LogP contribution in [0.15, 0.2) is 85.2 Å². The highest BCUT2D eigenvalue weighted by atomic mass is 16.3. The van der Waals surface area contributed by atoms with Crippen molar-refractivity contribution in [3.8, 4) is 0 Å². The number of nitrogens with zero attached hydrogens (tertiary/aromatic N) is 3. The number of hydrogen-bond acceptors (Lipinski definition) is 5. The first-order chi connectivity index (χ1) is 16.4. The molecule has 34 heavy (non-hydrogen) atoms. The second-order valence-electron chi connectivity index (χ2n) is 8.64. The SMILES string of the molecule is CN(C[C@@H](O)c1ccccc1)C(=O)C[C@@]1(c2ccccc2)CC(=O)N(Cc2ccncc2)C1=O. The fourth-order valence-corrected chi connectivity index (χ4v) is 4.39. The van der Waals surface area contributed by atoms with Crippen molar-refractivity contribution in [2.45, 2.75) is 30.9 Å². The van der Waals surface area contributed by atoms with Crippen molar-refractivity contribution in [3.05, 3.63) is 102 Å². The summed E-state index contributed by atoms with van der Waals surface area (Å²) in [7, 11) is 1.60. The molecule has 0 spiro atoms. The molecule has 1 N–H and O–H groups in total. The van der Waals surface area contributed by atoms with E-state index in [1.165, 1.54) is 9.80 Å². The summed E-state index contributed by atoms with van der Waals surface area (Å²) in [5.74, 6) is -1.01. The Balaban J connectivity index is 1.57. The average molecular weight is 458 g/mol. The monoisotopic (exact) mass is 457 g/mol. The molecule has 4 rings (SSSR count). The summed E-state index contributed by atoms with van der Waals surface area (Å²) in [5.41, 5.74) is 0.843. The van der Waals surface area contributed by atoms with Crippen LogP contribution in [0.3, 0.4) is 0 Å². The topological polar surface area (TPSA) is 90.8 Å². The number of likely N-dealkylation sites (tertiary alicyclic amines) is 1. The molecule has 174 valence electrons. The van der Waals surface area contributed by atoms with E-state index in [1.807, 2.05) is 24.3 Å². The number of pyridine rings is 1. The Morgan fingerprint density at radius 1 is 1.03 bits per heavy atom. The van der Waals surface area contributed by atoms with Gasteiger partial charge in [-0.2, -0.15) is 0 Å². The maximum absolute atomic E-state index is 13.7. The molecule has 1 aliphatic heterocycles. The molecule has 0 aliphatic carbocycles. The first-order valence-electron chi connectivity index (χ1n) is 11.2. The van der Waals surface area contributed by atoms with Crippen LogP contribution < -0.4 is 0 Å². The predicted molar refractivity (Wildman–Crippen MR) is 126 cm³/mol. The van der Waals surface area contributed by atoms with E-state index in [9.17, 15) is 19.5 Å². The lowest BCUT2D eigenvalue weighted by atomic mass is 9.75. The Morgan fingerprint density at radius 2 is 1.65 bits per heavy atom. The second-order valence-corrected chi connectivity index (χ2v) is 8.64. The fourth-order valence-electron chi connectivity index (χ4n) is 4.39. The van der Waals surface area contributed by atoms with E-state index >= 15 is 0 Å². The van der Waals surface area contributed by atoms with Crippen LogP contribution in [0.2, 0.25) is 0 Å². The minimum atomic E-state index is -1.28. The Bertz CT molecular complexity index is 1150. The summed E-state index contributed by atoms with van der Waals surface area (Å²) in [4.78, 5) is 46.6. The standard InChI is InChI=1S/C27H27N3O4/c1-29(19-23(31)21-8-4-2-5-9-21)24(32)16-27(22-10-6-3-7-11-22)17-25(33)30(26(27)34)18-20-12-14-28-15-13-20/h2-15,23,31H,16-19H2,1H3/t23-,27+/m1/s1. The van der Waals surface area contributed by atoms with E-state index in [0.717, 1.165) is 5.56 Å². The number of aromatic nitrogens is 1. The van der Waals surface area contributed by atoms with E-state index < -0.39 is 11.5 Å². The third-order valence-electron chi connectivity index (χ3n) is 6.33. The number of imide groups is 1. The van der Waals surface area contributed by atoms with Gasteiger partial charge >= 0.3 is 0 Å². The minimum absolute atomic E-state index is 0.0799. The van der Waals surface area contributed by atoms with E-state index in [-0.39, 0.29) is 43.7 Å². The molecular weight excluding hydrogens is 430 g/mol. The van der Waals surface area contributed by atoms with Crippen molar-refractivity contribution in [2.75, 3.05) is 13.6 Å². The van der Waals surface area contributed by atoms with Crippen molar-refractivity contribution in [1.29, 1.82) is 0 Å². The molecule has 0 unspecified atom stereocenters. The molecule has 0 bridgehead atoms. The molecule has 0 saturated carbocycles. The third kappa shape index (κ3) is 4.75. The zero-order chi connectivity index (χ0) is 24.1. The Hall–Kier alpha value is -3.84. The third-order valence-corrected chi connectivity index (χ3v) is 6.33. The smallest absolute Gasteiger partial charge is 0.241 e. The fraction of sp³-hybridized carbons (Fsp3) is 0.259. The van der Waals surface area contributed by atoms with Crippen LogP contribution in [0.5, 0.6) is 0 Å². The Morgan fingerprint density at radius 3 is 2.29 bits per heavy atom. The van der Waals surface area contributed by atoms with Crippen molar-refractivity contribution in [1.82, 2.24) is 14.8 Å². The molecule has 0 radical (unpaired) electrons. The largest absolute Gasteiger partial charge is 0.387 e. The molecule has 2 heterocycles. The summed E-state index contributed by atoms with van der Waals surface area (Å²) in [6, 6.07) is 21.6. The number of benzene rings is 2. The van der Waals surface area contributed by atoms with Gasteiger partial charge in [0.1, 0.15) is 0 Å². The minimum Gasteiger partial charge on any atom is -0.387 e. The van der Waals surface area contributed by atoms with Gasteiger partial charge < -0.3 is 10.0 Å². The van der Waals surface area contributed by atoms with E-state index in [4.69, 9.17) is 0 Å². The number of rotatable bonds is 8. The maximum Gasteiger partial charge on any atom is 0.241 e. The summed E-state index contributed by atoms with van der Waals surface area (Å²) in [6.07, 6.45) is 2.13. The van der Waals surface area contributed by atoms with Gasteiger partial charge in [0.2, 0.25) is 17.7 Å².